The molecule has 1 atom stereocenters. The second kappa shape index (κ2) is 6.04. The number of halogens is 2. The number of nitrogens with one attached hydrogen (secondary N) is 1. The van der Waals surface area contributed by atoms with Crippen LogP contribution in [0.1, 0.15) is 23.2 Å². The lowest BCUT2D eigenvalue weighted by atomic mass is 10.2. The van der Waals surface area contributed by atoms with Crippen LogP contribution in [0.5, 0.6) is 0 Å². The summed E-state index contributed by atoms with van der Waals surface area (Å²) in [5, 5.41) is 3.42. The van der Waals surface area contributed by atoms with Gasteiger partial charge in [-0.25, -0.2) is 0 Å². The van der Waals surface area contributed by atoms with E-state index in [4.69, 9.17) is 11.6 Å². The van der Waals surface area contributed by atoms with Crippen LogP contribution >= 0.6 is 27.5 Å². The van der Waals surface area contributed by atoms with Gasteiger partial charge in [-0.15, -0.1) is 0 Å². The normalized spacial score (nSPS) is 20.1. The van der Waals surface area contributed by atoms with Crippen molar-refractivity contribution in [3.8, 4) is 0 Å². The highest BCUT2D eigenvalue weighted by Gasteiger charge is 2.21. The summed E-state index contributed by atoms with van der Waals surface area (Å²) in [6.07, 6.45) is 2.34. The van der Waals surface area contributed by atoms with Gasteiger partial charge in [0.2, 0.25) is 0 Å². The van der Waals surface area contributed by atoms with E-state index in [1.807, 2.05) is 12.1 Å². The molecule has 1 aliphatic heterocycles. The fourth-order valence-corrected chi connectivity index (χ4v) is 2.80. The van der Waals surface area contributed by atoms with Crippen LogP contribution in [0.25, 0.3) is 0 Å². The van der Waals surface area contributed by atoms with Crippen molar-refractivity contribution in [1.29, 1.82) is 0 Å². The van der Waals surface area contributed by atoms with Crippen molar-refractivity contribution in [3.05, 3.63) is 33.3 Å². The van der Waals surface area contributed by atoms with Crippen molar-refractivity contribution < 1.29 is 4.79 Å². The summed E-state index contributed by atoms with van der Waals surface area (Å²) in [5.74, 6) is -0.110. The summed E-state index contributed by atoms with van der Waals surface area (Å²) in [6, 6.07) is 5.82. The van der Waals surface area contributed by atoms with E-state index >= 15 is 0 Å². The molecule has 18 heavy (non-hydrogen) atoms. The molecule has 0 aromatic heterocycles. The molecule has 5 heteroatoms. The average Bonchev–Trinajstić information content (AvgIpc) is 2.75. The molecular formula is C13H16BrClN2O. The van der Waals surface area contributed by atoms with Gasteiger partial charge in [0.1, 0.15) is 0 Å². The number of benzene rings is 1. The minimum atomic E-state index is -0.110. The Morgan fingerprint density at radius 2 is 2.39 bits per heavy atom. The Labute approximate surface area is 121 Å². The minimum Gasteiger partial charge on any atom is -0.350 e. The number of likely N-dealkylation sites (N-methyl/N-ethyl adjacent to an activating group) is 1. The SMILES string of the molecule is CN1CCCC1CNC(=O)c1cccc(Br)c1Cl. The lowest BCUT2D eigenvalue weighted by Gasteiger charge is -2.19. The number of hydrogen-bond acceptors (Lipinski definition) is 2. The molecular weight excluding hydrogens is 316 g/mol. The maximum Gasteiger partial charge on any atom is 0.252 e. The standard InChI is InChI=1S/C13H16BrClN2O/c1-17-7-3-4-9(17)8-16-13(18)10-5-2-6-11(14)12(10)15/h2,5-6,9H,3-4,7-8H2,1H3,(H,16,18). The van der Waals surface area contributed by atoms with E-state index in [1.165, 1.54) is 6.42 Å². The van der Waals surface area contributed by atoms with Gasteiger partial charge in [-0.3, -0.25) is 4.79 Å². The van der Waals surface area contributed by atoms with Gasteiger partial charge < -0.3 is 10.2 Å². The molecule has 1 N–H and O–H groups in total. The van der Waals surface area contributed by atoms with Gasteiger partial charge in [-0.1, -0.05) is 17.7 Å². The topological polar surface area (TPSA) is 32.3 Å². The van der Waals surface area contributed by atoms with Crippen LogP contribution in [-0.4, -0.2) is 37.0 Å². The Kier molecular flexibility index (Phi) is 4.65. The van der Waals surface area contributed by atoms with Gasteiger partial charge >= 0.3 is 0 Å². The summed E-state index contributed by atoms with van der Waals surface area (Å²) < 4.78 is 0.745. The second-order valence-corrected chi connectivity index (χ2v) is 5.82. The number of nitrogens with zero attached hydrogens (tertiary/aromatic N) is 1. The van der Waals surface area contributed by atoms with Gasteiger partial charge in [0.15, 0.2) is 0 Å². The summed E-state index contributed by atoms with van der Waals surface area (Å²) in [7, 11) is 2.09. The largest absolute Gasteiger partial charge is 0.350 e. The Hall–Kier alpha value is -0.580. The fourth-order valence-electron chi connectivity index (χ4n) is 2.22. The minimum absolute atomic E-state index is 0.110. The van der Waals surface area contributed by atoms with E-state index in [2.05, 4.69) is 33.2 Å². The molecule has 1 saturated heterocycles. The quantitative estimate of drug-likeness (QED) is 0.923. The van der Waals surface area contributed by atoms with Crippen LogP contribution in [-0.2, 0) is 0 Å². The van der Waals surface area contributed by atoms with Crippen LogP contribution in [0.3, 0.4) is 0 Å². The average molecular weight is 332 g/mol. The molecule has 0 radical (unpaired) electrons. The van der Waals surface area contributed by atoms with Crippen LogP contribution in [0.2, 0.25) is 5.02 Å². The predicted octanol–water partition coefficient (Wildman–Crippen LogP) is 2.93. The number of hydrogen-bond donors (Lipinski definition) is 1. The molecule has 0 spiro atoms. The molecule has 0 bridgehead atoms. The first-order valence-corrected chi connectivity index (χ1v) is 7.19. The van der Waals surface area contributed by atoms with Gasteiger partial charge in [0, 0.05) is 17.1 Å². The zero-order valence-electron chi connectivity index (χ0n) is 10.2. The van der Waals surface area contributed by atoms with Gasteiger partial charge in [-0.2, -0.15) is 0 Å². The van der Waals surface area contributed by atoms with E-state index < -0.39 is 0 Å². The predicted molar refractivity (Wildman–Crippen MR) is 77.1 cm³/mol. The highest BCUT2D eigenvalue weighted by atomic mass is 79.9. The summed E-state index contributed by atoms with van der Waals surface area (Å²) in [5.41, 5.74) is 0.520. The Bertz CT molecular complexity index is 453. The Morgan fingerprint density at radius 3 is 3.06 bits per heavy atom. The van der Waals surface area contributed by atoms with E-state index in [-0.39, 0.29) is 5.91 Å². The van der Waals surface area contributed by atoms with E-state index in [0.29, 0.717) is 23.2 Å². The number of carbonyl (C=O) groups is 1. The van der Waals surface area contributed by atoms with Gasteiger partial charge in [0.25, 0.3) is 5.91 Å². The summed E-state index contributed by atoms with van der Waals surface area (Å²) >= 11 is 9.42. The smallest absolute Gasteiger partial charge is 0.252 e. The van der Waals surface area contributed by atoms with Gasteiger partial charge in [0.05, 0.1) is 10.6 Å². The molecule has 1 unspecified atom stereocenters. The number of amides is 1. The third-order valence-corrected chi connectivity index (χ3v) is 4.66. The molecule has 1 aliphatic rings. The van der Waals surface area contributed by atoms with Crippen molar-refractivity contribution >= 4 is 33.4 Å². The molecule has 1 heterocycles. The molecule has 1 aromatic carbocycles. The van der Waals surface area contributed by atoms with Crippen molar-refractivity contribution in [2.45, 2.75) is 18.9 Å². The van der Waals surface area contributed by atoms with Crippen molar-refractivity contribution in [2.75, 3.05) is 20.1 Å². The Balaban J connectivity index is 1.97. The fraction of sp³-hybridized carbons (Fsp3) is 0.462. The zero-order chi connectivity index (χ0) is 13.1. The van der Waals surface area contributed by atoms with E-state index in [0.717, 1.165) is 17.4 Å². The van der Waals surface area contributed by atoms with Crippen LogP contribution in [0.15, 0.2) is 22.7 Å². The molecule has 1 amide bonds. The molecule has 3 nitrogen and oxygen atoms in total. The zero-order valence-corrected chi connectivity index (χ0v) is 12.6. The van der Waals surface area contributed by atoms with Crippen LogP contribution in [0.4, 0.5) is 0 Å². The second-order valence-electron chi connectivity index (χ2n) is 4.59. The third kappa shape index (κ3) is 3.05. The highest BCUT2D eigenvalue weighted by Crippen LogP contribution is 2.25. The first-order chi connectivity index (χ1) is 8.59. The molecule has 1 aromatic rings. The third-order valence-electron chi connectivity index (χ3n) is 3.37. The van der Waals surface area contributed by atoms with Gasteiger partial charge in [-0.05, 0) is 54.5 Å². The van der Waals surface area contributed by atoms with Crippen LogP contribution in [0, 0.1) is 0 Å². The molecule has 2 rings (SSSR count). The summed E-state index contributed by atoms with van der Waals surface area (Å²) in [4.78, 5) is 14.3. The lowest BCUT2D eigenvalue weighted by molar-refractivity contribution is 0.0944. The first kappa shape index (κ1) is 13.8. The van der Waals surface area contributed by atoms with Crippen LogP contribution < -0.4 is 5.32 Å². The molecule has 98 valence electrons. The van der Waals surface area contributed by atoms with E-state index in [9.17, 15) is 4.79 Å². The van der Waals surface area contributed by atoms with Crippen molar-refractivity contribution in [2.24, 2.45) is 0 Å². The lowest BCUT2D eigenvalue weighted by Crippen LogP contribution is -2.38. The van der Waals surface area contributed by atoms with E-state index in [1.54, 1.807) is 6.07 Å². The van der Waals surface area contributed by atoms with Crippen molar-refractivity contribution in [1.82, 2.24) is 10.2 Å². The molecule has 1 fully saturated rings. The number of carbonyl (C=O) groups excluding carboxylic acids is 1. The number of likely N-dealkylation sites (tertiary alicyclic amines) is 1. The summed E-state index contributed by atoms with van der Waals surface area (Å²) in [6.45, 7) is 1.79. The Morgan fingerprint density at radius 1 is 1.61 bits per heavy atom. The molecule has 0 aliphatic carbocycles. The van der Waals surface area contributed by atoms with Crippen molar-refractivity contribution in [3.63, 3.8) is 0 Å². The maximum atomic E-state index is 12.0. The maximum absolute atomic E-state index is 12.0. The molecule has 0 saturated carbocycles. The first-order valence-electron chi connectivity index (χ1n) is 6.02. The highest BCUT2D eigenvalue weighted by molar-refractivity contribution is 9.10. The monoisotopic (exact) mass is 330 g/mol. The number of rotatable bonds is 3.